The monoisotopic (exact) mass is 263 g/mol. The van der Waals surface area contributed by atoms with Gasteiger partial charge in [0.05, 0.1) is 7.11 Å². The topological polar surface area (TPSA) is 38.3 Å². The number of esters is 1. The van der Waals surface area contributed by atoms with E-state index in [-0.39, 0.29) is 18.1 Å². The smallest absolute Gasteiger partial charge is 0.322 e. The molecule has 0 aliphatic heterocycles. The normalized spacial score (nSPS) is 14.2. The summed E-state index contributed by atoms with van der Waals surface area (Å²) in [6, 6.07) is 8.21. The van der Waals surface area contributed by atoms with Crippen molar-refractivity contribution < 1.29 is 9.53 Å². The number of carbonyl (C=O) groups is 1. The number of carbonyl (C=O) groups excluding carboxylic acids is 1. The quantitative estimate of drug-likeness (QED) is 0.801. The highest BCUT2D eigenvalue weighted by atomic mass is 16.5. The van der Waals surface area contributed by atoms with Crippen molar-refractivity contribution in [2.45, 2.75) is 46.2 Å². The molecule has 3 heteroatoms. The van der Waals surface area contributed by atoms with Crippen LogP contribution in [0.3, 0.4) is 0 Å². The Balaban J connectivity index is 2.75. The zero-order valence-corrected chi connectivity index (χ0v) is 12.6. The molecule has 1 N–H and O–H groups in total. The van der Waals surface area contributed by atoms with Gasteiger partial charge in [-0.2, -0.15) is 0 Å². The number of hydrogen-bond acceptors (Lipinski definition) is 3. The van der Waals surface area contributed by atoms with Crippen LogP contribution in [0.5, 0.6) is 0 Å². The SMILES string of the molecule is COC(=O)C(CC(C)C)NC(C)c1cccc(C)c1. The lowest BCUT2D eigenvalue weighted by atomic mass is 10.0. The first-order valence-corrected chi connectivity index (χ1v) is 6.84. The van der Waals surface area contributed by atoms with Crippen LogP contribution in [0.15, 0.2) is 24.3 Å². The van der Waals surface area contributed by atoms with E-state index < -0.39 is 0 Å². The first-order valence-electron chi connectivity index (χ1n) is 6.84. The minimum Gasteiger partial charge on any atom is -0.468 e. The molecule has 2 unspecified atom stereocenters. The van der Waals surface area contributed by atoms with E-state index >= 15 is 0 Å². The van der Waals surface area contributed by atoms with Gasteiger partial charge in [0.15, 0.2) is 0 Å². The Morgan fingerprint density at radius 2 is 2.00 bits per heavy atom. The Hall–Kier alpha value is -1.35. The van der Waals surface area contributed by atoms with Crippen molar-refractivity contribution in [1.29, 1.82) is 0 Å². The van der Waals surface area contributed by atoms with Crippen LogP contribution < -0.4 is 5.32 Å². The fourth-order valence-electron chi connectivity index (χ4n) is 2.18. The standard InChI is InChI=1S/C16H25NO2/c1-11(2)9-15(16(18)19-5)17-13(4)14-8-6-7-12(3)10-14/h6-8,10-11,13,15,17H,9H2,1-5H3. The fraction of sp³-hybridized carbons (Fsp3) is 0.562. The summed E-state index contributed by atoms with van der Waals surface area (Å²) in [5.41, 5.74) is 2.42. The lowest BCUT2D eigenvalue weighted by molar-refractivity contribution is -0.143. The molecule has 0 aliphatic rings. The fourth-order valence-corrected chi connectivity index (χ4v) is 2.18. The molecule has 0 heterocycles. The van der Waals surface area contributed by atoms with Gasteiger partial charge in [-0.3, -0.25) is 10.1 Å². The van der Waals surface area contributed by atoms with Crippen LogP contribution >= 0.6 is 0 Å². The maximum Gasteiger partial charge on any atom is 0.322 e. The molecule has 1 aromatic carbocycles. The first-order chi connectivity index (χ1) is 8.93. The predicted molar refractivity (Wildman–Crippen MR) is 78.0 cm³/mol. The van der Waals surface area contributed by atoms with Gasteiger partial charge in [-0.15, -0.1) is 0 Å². The van der Waals surface area contributed by atoms with Gasteiger partial charge in [-0.1, -0.05) is 43.7 Å². The molecule has 0 saturated heterocycles. The third-order valence-corrected chi connectivity index (χ3v) is 3.19. The molecule has 0 fully saturated rings. The molecule has 0 saturated carbocycles. The molecule has 1 rings (SSSR count). The Bertz CT molecular complexity index is 415. The largest absolute Gasteiger partial charge is 0.468 e. The van der Waals surface area contributed by atoms with Crippen molar-refractivity contribution in [3.05, 3.63) is 35.4 Å². The highest BCUT2D eigenvalue weighted by Gasteiger charge is 2.22. The van der Waals surface area contributed by atoms with Gasteiger partial charge in [0.25, 0.3) is 0 Å². The summed E-state index contributed by atoms with van der Waals surface area (Å²) in [4.78, 5) is 11.8. The van der Waals surface area contributed by atoms with E-state index in [1.807, 2.05) is 6.07 Å². The van der Waals surface area contributed by atoms with E-state index in [4.69, 9.17) is 4.74 Å². The van der Waals surface area contributed by atoms with Crippen molar-refractivity contribution in [2.24, 2.45) is 5.92 Å². The van der Waals surface area contributed by atoms with Crippen molar-refractivity contribution >= 4 is 5.97 Å². The highest BCUT2D eigenvalue weighted by Crippen LogP contribution is 2.17. The molecule has 0 bridgehead atoms. The van der Waals surface area contributed by atoms with Gasteiger partial charge >= 0.3 is 5.97 Å². The minimum atomic E-state index is -0.250. The molecule has 1 aromatic rings. The number of benzene rings is 1. The molecule has 0 aromatic heterocycles. The minimum absolute atomic E-state index is 0.128. The van der Waals surface area contributed by atoms with E-state index in [1.54, 1.807) is 0 Å². The third kappa shape index (κ3) is 5.03. The van der Waals surface area contributed by atoms with Crippen LogP contribution in [0, 0.1) is 12.8 Å². The number of nitrogens with one attached hydrogen (secondary N) is 1. The molecule has 3 nitrogen and oxygen atoms in total. The summed E-state index contributed by atoms with van der Waals surface area (Å²) >= 11 is 0. The second kappa shape index (κ2) is 7.29. The zero-order chi connectivity index (χ0) is 14.4. The number of aryl methyl sites for hydroxylation is 1. The van der Waals surface area contributed by atoms with Gasteiger partial charge in [0.2, 0.25) is 0 Å². The highest BCUT2D eigenvalue weighted by molar-refractivity contribution is 5.75. The Labute approximate surface area is 116 Å². The van der Waals surface area contributed by atoms with E-state index in [1.165, 1.54) is 18.2 Å². The van der Waals surface area contributed by atoms with E-state index in [9.17, 15) is 4.79 Å². The lowest BCUT2D eigenvalue weighted by Gasteiger charge is -2.23. The third-order valence-electron chi connectivity index (χ3n) is 3.19. The maximum atomic E-state index is 11.8. The van der Waals surface area contributed by atoms with Crippen molar-refractivity contribution in [2.75, 3.05) is 7.11 Å². The Morgan fingerprint density at radius 1 is 1.32 bits per heavy atom. The molecule has 2 atom stereocenters. The maximum absolute atomic E-state index is 11.8. The predicted octanol–water partition coefficient (Wildman–Crippen LogP) is 3.23. The second-order valence-corrected chi connectivity index (χ2v) is 5.51. The number of methoxy groups -OCH3 is 1. The molecule has 0 amide bonds. The van der Waals surface area contributed by atoms with Crippen molar-refractivity contribution in [1.82, 2.24) is 5.32 Å². The summed E-state index contributed by atoms with van der Waals surface area (Å²) in [7, 11) is 1.44. The number of hydrogen-bond donors (Lipinski definition) is 1. The first kappa shape index (κ1) is 15.7. The number of rotatable bonds is 6. The van der Waals surface area contributed by atoms with E-state index in [0.29, 0.717) is 5.92 Å². The molecular weight excluding hydrogens is 238 g/mol. The van der Waals surface area contributed by atoms with Gasteiger partial charge in [-0.25, -0.2) is 0 Å². The Kier molecular flexibility index (Phi) is 6.03. The molecule has 106 valence electrons. The molecular formula is C16H25NO2. The average molecular weight is 263 g/mol. The number of ether oxygens (including phenoxy) is 1. The van der Waals surface area contributed by atoms with Crippen LogP contribution in [-0.2, 0) is 9.53 Å². The van der Waals surface area contributed by atoms with Crippen molar-refractivity contribution in [3.8, 4) is 0 Å². The van der Waals surface area contributed by atoms with Crippen LogP contribution in [-0.4, -0.2) is 19.1 Å². The van der Waals surface area contributed by atoms with Crippen molar-refractivity contribution in [3.63, 3.8) is 0 Å². The van der Waals surface area contributed by atoms with E-state index in [0.717, 1.165) is 6.42 Å². The van der Waals surface area contributed by atoms with Crippen LogP contribution in [0.1, 0.15) is 44.4 Å². The lowest BCUT2D eigenvalue weighted by Crippen LogP contribution is -2.40. The van der Waals surface area contributed by atoms with Crippen LogP contribution in [0.2, 0.25) is 0 Å². The van der Waals surface area contributed by atoms with Crippen LogP contribution in [0.25, 0.3) is 0 Å². The zero-order valence-electron chi connectivity index (χ0n) is 12.6. The summed E-state index contributed by atoms with van der Waals surface area (Å²) < 4.78 is 4.87. The van der Waals surface area contributed by atoms with Crippen LogP contribution in [0.4, 0.5) is 0 Å². The summed E-state index contributed by atoms with van der Waals surface area (Å²) in [5, 5.41) is 3.37. The average Bonchev–Trinajstić information content (AvgIpc) is 2.36. The summed E-state index contributed by atoms with van der Waals surface area (Å²) in [5.74, 6) is 0.259. The summed E-state index contributed by atoms with van der Waals surface area (Å²) in [6.45, 7) is 8.36. The second-order valence-electron chi connectivity index (χ2n) is 5.51. The summed E-state index contributed by atoms with van der Waals surface area (Å²) in [6.07, 6.45) is 0.781. The molecule has 0 spiro atoms. The molecule has 0 aliphatic carbocycles. The van der Waals surface area contributed by atoms with Gasteiger partial charge < -0.3 is 4.74 Å². The van der Waals surface area contributed by atoms with Gasteiger partial charge in [-0.05, 0) is 31.7 Å². The van der Waals surface area contributed by atoms with Gasteiger partial charge in [0.1, 0.15) is 6.04 Å². The molecule has 19 heavy (non-hydrogen) atoms. The van der Waals surface area contributed by atoms with E-state index in [2.05, 4.69) is 51.2 Å². The van der Waals surface area contributed by atoms with Gasteiger partial charge in [0, 0.05) is 6.04 Å². The molecule has 0 radical (unpaired) electrons. The Morgan fingerprint density at radius 3 is 2.53 bits per heavy atom.